The van der Waals surface area contributed by atoms with Crippen molar-refractivity contribution in [3.8, 4) is 5.69 Å². The summed E-state index contributed by atoms with van der Waals surface area (Å²) in [6, 6.07) is 14.5. The van der Waals surface area contributed by atoms with Gasteiger partial charge in [0.15, 0.2) is 5.16 Å². The van der Waals surface area contributed by atoms with Crippen LogP contribution in [-0.4, -0.2) is 21.2 Å². The molecule has 3 aromatic rings. The molecule has 0 atom stereocenters. The first-order valence-corrected chi connectivity index (χ1v) is 8.83. The fraction of sp³-hybridized carbons (Fsp3) is 0.0588. The van der Waals surface area contributed by atoms with E-state index in [1.165, 1.54) is 11.8 Å². The molecule has 24 heavy (non-hydrogen) atoms. The van der Waals surface area contributed by atoms with Crippen molar-refractivity contribution in [3.63, 3.8) is 0 Å². The molecule has 3 rings (SSSR count). The van der Waals surface area contributed by atoms with E-state index in [1.54, 1.807) is 30.5 Å². The lowest BCUT2D eigenvalue weighted by atomic mass is 10.3. The van der Waals surface area contributed by atoms with Crippen LogP contribution in [0.5, 0.6) is 0 Å². The van der Waals surface area contributed by atoms with Gasteiger partial charge in [-0.05, 0) is 42.5 Å². The van der Waals surface area contributed by atoms with Crippen LogP contribution in [0.4, 0.5) is 5.69 Å². The third-order valence-corrected chi connectivity index (χ3v) is 4.61. The van der Waals surface area contributed by atoms with Crippen LogP contribution in [0.1, 0.15) is 0 Å². The van der Waals surface area contributed by atoms with E-state index in [1.807, 2.05) is 35.0 Å². The highest BCUT2D eigenvalue weighted by Crippen LogP contribution is 2.22. The van der Waals surface area contributed by atoms with Crippen molar-refractivity contribution in [1.29, 1.82) is 0 Å². The molecule has 0 fully saturated rings. The van der Waals surface area contributed by atoms with Crippen molar-refractivity contribution in [2.75, 3.05) is 11.1 Å². The summed E-state index contributed by atoms with van der Waals surface area (Å²) < 4.78 is 1.89. The molecule has 7 heteroatoms. The summed E-state index contributed by atoms with van der Waals surface area (Å²) in [7, 11) is 0. The van der Waals surface area contributed by atoms with E-state index >= 15 is 0 Å². The van der Waals surface area contributed by atoms with E-state index in [-0.39, 0.29) is 11.7 Å². The number of anilines is 1. The summed E-state index contributed by atoms with van der Waals surface area (Å²) in [5.74, 6) is 0.142. The topological polar surface area (TPSA) is 46.9 Å². The van der Waals surface area contributed by atoms with E-state index in [0.717, 1.165) is 10.8 Å². The Balaban J connectivity index is 1.64. The average molecular weight is 378 g/mol. The van der Waals surface area contributed by atoms with E-state index in [0.29, 0.717) is 15.7 Å². The zero-order chi connectivity index (χ0) is 16.9. The average Bonchev–Trinajstić information content (AvgIpc) is 3.04. The van der Waals surface area contributed by atoms with Gasteiger partial charge in [0.1, 0.15) is 0 Å². The number of nitrogens with zero attached hydrogens (tertiary/aromatic N) is 2. The Morgan fingerprint density at radius 3 is 2.67 bits per heavy atom. The number of aromatic nitrogens is 2. The van der Waals surface area contributed by atoms with Gasteiger partial charge >= 0.3 is 0 Å². The van der Waals surface area contributed by atoms with E-state index in [9.17, 15) is 4.79 Å². The van der Waals surface area contributed by atoms with Crippen molar-refractivity contribution in [1.82, 2.24) is 9.55 Å². The SMILES string of the molecule is O=C(CSc1nccn1-c1cccc(Cl)c1)Nc1ccc(Cl)cc1. The Morgan fingerprint density at radius 1 is 1.12 bits per heavy atom. The van der Waals surface area contributed by atoms with Crippen molar-refractivity contribution in [3.05, 3.63) is 71.0 Å². The molecule has 1 amide bonds. The maximum Gasteiger partial charge on any atom is 0.234 e. The van der Waals surface area contributed by atoms with Crippen LogP contribution in [0.25, 0.3) is 5.69 Å². The molecule has 0 aliphatic heterocycles. The predicted octanol–water partition coefficient (Wildman–Crippen LogP) is 4.91. The molecule has 1 N–H and O–H groups in total. The molecule has 0 unspecified atom stereocenters. The van der Waals surface area contributed by atoms with Gasteiger partial charge in [-0.25, -0.2) is 4.98 Å². The summed E-state index contributed by atoms with van der Waals surface area (Å²) in [5, 5.41) is 4.83. The number of nitrogens with one attached hydrogen (secondary N) is 1. The molecule has 0 spiro atoms. The minimum atomic E-state index is -0.108. The lowest BCUT2D eigenvalue weighted by molar-refractivity contribution is -0.113. The number of hydrogen-bond donors (Lipinski definition) is 1. The van der Waals surface area contributed by atoms with E-state index < -0.39 is 0 Å². The standard InChI is InChI=1S/C17H13Cl2N3OS/c18-12-4-6-14(7-5-12)21-16(23)11-24-17-20-8-9-22(17)15-3-1-2-13(19)10-15/h1-10H,11H2,(H,21,23). The van der Waals surface area contributed by atoms with Gasteiger partial charge in [0.2, 0.25) is 5.91 Å². The minimum Gasteiger partial charge on any atom is -0.325 e. The molecule has 0 bridgehead atoms. The molecule has 1 aromatic heterocycles. The third kappa shape index (κ3) is 4.32. The van der Waals surface area contributed by atoms with Crippen LogP contribution in [0, 0.1) is 0 Å². The lowest BCUT2D eigenvalue weighted by Gasteiger charge is -2.08. The highest BCUT2D eigenvalue weighted by molar-refractivity contribution is 7.99. The van der Waals surface area contributed by atoms with E-state index in [2.05, 4.69) is 10.3 Å². The van der Waals surface area contributed by atoms with Gasteiger partial charge < -0.3 is 5.32 Å². The number of carbonyl (C=O) groups excluding carboxylic acids is 1. The molecule has 2 aromatic carbocycles. The van der Waals surface area contributed by atoms with Gasteiger partial charge in [-0.3, -0.25) is 9.36 Å². The lowest BCUT2D eigenvalue weighted by Crippen LogP contribution is -2.14. The molecular weight excluding hydrogens is 365 g/mol. The molecule has 4 nitrogen and oxygen atoms in total. The molecule has 0 aliphatic carbocycles. The highest BCUT2D eigenvalue weighted by atomic mass is 35.5. The van der Waals surface area contributed by atoms with Crippen molar-refractivity contribution in [2.24, 2.45) is 0 Å². The molecule has 0 saturated carbocycles. The Kier molecular flexibility index (Phi) is 5.45. The number of amides is 1. The first kappa shape index (κ1) is 16.9. The van der Waals surface area contributed by atoms with Gasteiger partial charge in [-0.15, -0.1) is 0 Å². The molecule has 1 heterocycles. The number of carbonyl (C=O) groups is 1. The summed E-state index contributed by atoms with van der Waals surface area (Å²) in [6.45, 7) is 0. The zero-order valence-corrected chi connectivity index (χ0v) is 14.8. The van der Waals surface area contributed by atoms with Gasteiger partial charge in [0.25, 0.3) is 0 Å². The number of imidazole rings is 1. The van der Waals surface area contributed by atoms with Gasteiger partial charge in [0.05, 0.1) is 5.75 Å². The molecule has 0 saturated heterocycles. The summed E-state index contributed by atoms with van der Waals surface area (Å²) in [6.07, 6.45) is 3.53. The van der Waals surface area contributed by atoms with Crippen LogP contribution >= 0.6 is 35.0 Å². The smallest absolute Gasteiger partial charge is 0.234 e. The van der Waals surface area contributed by atoms with Crippen LogP contribution in [0.2, 0.25) is 10.0 Å². The number of rotatable bonds is 5. The minimum absolute atomic E-state index is 0.108. The second kappa shape index (κ2) is 7.75. The van der Waals surface area contributed by atoms with Crippen LogP contribution < -0.4 is 5.32 Å². The predicted molar refractivity (Wildman–Crippen MR) is 99.4 cm³/mol. The number of thioether (sulfide) groups is 1. The second-order valence-electron chi connectivity index (χ2n) is 4.90. The first-order chi connectivity index (χ1) is 11.6. The van der Waals surface area contributed by atoms with Crippen LogP contribution in [0.3, 0.4) is 0 Å². The Bertz CT molecular complexity index is 849. The number of halogens is 2. The van der Waals surface area contributed by atoms with Gasteiger partial charge in [-0.2, -0.15) is 0 Å². The van der Waals surface area contributed by atoms with E-state index in [4.69, 9.17) is 23.2 Å². The number of hydrogen-bond acceptors (Lipinski definition) is 3. The normalized spacial score (nSPS) is 10.6. The Hall–Kier alpha value is -1.95. The number of benzene rings is 2. The van der Waals surface area contributed by atoms with Crippen molar-refractivity contribution in [2.45, 2.75) is 5.16 Å². The monoisotopic (exact) mass is 377 g/mol. The van der Waals surface area contributed by atoms with Crippen LogP contribution in [-0.2, 0) is 4.79 Å². The summed E-state index contributed by atoms with van der Waals surface area (Å²) in [5.41, 5.74) is 1.61. The Labute approximate surface area is 153 Å². The van der Waals surface area contributed by atoms with Crippen molar-refractivity contribution >= 4 is 46.6 Å². The quantitative estimate of drug-likeness (QED) is 0.642. The maximum absolute atomic E-state index is 12.1. The molecule has 122 valence electrons. The summed E-state index contributed by atoms with van der Waals surface area (Å²) in [4.78, 5) is 16.4. The zero-order valence-electron chi connectivity index (χ0n) is 12.4. The van der Waals surface area contributed by atoms with Crippen LogP contribution in [0.15, 0.2) is 66.1 Å². The third-order valence-electron chi connectivity index (χ3n) is 3.15. The second-order valence-corrected chi connectivity index (χ2v) is 6.72. The molecule has 0 aliphatic rings. The highest BCUT2D eigenvalue weighted by Gasteiger charge is 2.09. The molecule has 0 radical (unpaired) electrons. The first-order valence-electron chi connectivity index (χ1n) is 7.09. The largest absolute Gasteiger partial charge is 0.325 e. The van der Waals surface area contributed by atoms with Crippen molar-refractivity contribution < 1.29 is 4.79 Å². The van der Waals surface area contributed by atoms with Gasteiger partial charge in [-0.1, -0.05) is 41.0 Å². The maximum atomic E-state index is 12.1. The molecular formula is C17H13Cl2N3OS. The Morgan fingerprint density at radius 2 is 1.92 bits per heavy atom. The summed E-state index contributed by atoms with van der Waals surface area (Å²) >= 11 is 13.2. The fourth-order valence-corrected chi connectivity index (χ4v) is 3.16. The fourth-order valence-electron chi connectivity index (χ4n) is 2.08. The van der Waals surface area contributed by atoms with Gasteiger partial charge in [0, 0.05) is 33.8 Å².